The molecule has 0 aromatic carbocycles. The molecule has 1 aliphatic rings. The predicted octanol–water partition coefficient (Wildman–Crippen LogP) is 2.41. The number of nitrogens with one attached hydrogen (secondary N) is 1. The van der Waals surface area contributed by atoms with Crippen LogP contribution < -0.4 is 5.32 Å². The summed E-state index contributed by atoms with van der Waals surface area (Å²) in [5, 5.41) is 3.19. The minimum absolute atomic E-state index is 0.0413. The van der Waals surface area contributed by atoms with Gasteiger partial charge in [-0.2, -0.15) is 0 Å². The Hall–Kier alpha value is -1.29. The topological polar surface area (TPSA) is 45.5 Å². The number of furan rings is 1. The van der Waals surface area contributed by atoms with Gasteiger partial charge in [0, 0.05) is 13.1 Å². The molecule has 4 nitrogen and oxygen atoms in total. The van der Waals surface area contributed by atoms with Crippen molar-refractivity contribution in [3.63, 3.8) is 0 Å². The van der Waals surface area contributed by atoms with Crippen LogP contribution in [0.4, 0.5) is 0 Å². The Kier molecular flexibility index (Phi) is 4.81. The molecule has 2 rings (SSSR count). The summed E-state index contributed by atoms with van der Waals surface area (Å²) in [6, 6.07) is 3.67. The number of nitrogens with zero attached hydrogens (tertiary/aromatic N) is 1. The lowest BCUT2D eigenvalue weighted by Crippen LogP contribution is -2.31. The van der Waals surface area contributed by atoms with Crippen molar-refractivity contribution in [3.8, 4) is 0 Å². The molecule has 0 unspecified atom stereocenters. The van der Waals surface area contributed by atoms with Gasteiger partial charge in [0.2, 0.25) is 0 Å². The van der Waals surface area contributed by atoms with E-state index in [1.54, 1.807) is 6.07 Å². The molecule has 2 heterocycles. The van der Waals surface area contributed by atoms with E-state index in [4.69, 9.17) is 4.42 Å². The summed E-state index contributed by atoms with van der Waals surface area (Å²) >= 11 is 0. The SMILES string of the molecule is CCNCc1ccc(C(=O)N2CCCCCC2)o1. The third-order valence-electron chi connectivity index (χ3n) is 3.31. The van der Waals surface area contributed by atoms with Gasteiger partial charge in [0.15, 0.2) is 5.76 Å². The highest BCUT2D eigenvalue weighted by atomic mass is 16.4. The second kappa shape index (κ2) is 6.59. The Morgan fingerprint density at radius 2 is 2.00 bits per heavy atom. The fourth-order valence-corrected chi connectivity index (χ4v) is 2.27. The summed E-state index contributed by atoms with van der Waals surface area (Å²) in [6.07, 6.45) is 4.68. The highest BCUT2D eigenvalue weighted by molar-refractivity contribution is 5.91. The summed E-state index contributed by atoms with van der Waals surface area (Å²) < 4.78 is 5.59. The lowest BCUT2D eigenvalue weighted by Gasteiger charge is -2.18. The Morgan fingerprint density at radius 1 is 1.28 bits per heavy atom. The molecule has 0 bridgehead atoms. The minimum atomic E-state index is 0.0413. The van der Waals surface area contributed by atoms with Crippen molar-refractivity contribution in [2.24, 2.45) is 0 Å². The van der Waals surface area contributed by atoms with E-state index in [1.807, 2.05) is 17.9 Å². The van der Waals surface area contributed by atoms with E-state index < -0.39 is 0 Å². The fraction of sp³-hybridized carbons (Fsp3) is 0.643. The first-order valence-corrected chi connectivity index (χ1v) is 6.90. The number of rotatable bonds is 4. The van der Waals surface area contributed by atoms with Gasteiger partial charge in [0.25, 0.3) is 5.91 Å². The zero-order valence-corrected chi connectivity index (χ0v) is 11.1. The minimum Gasteiger partial charge on any atom is -0.455 e. The van der Waals surface area contributed by atoms with Crippen molar-refractivity contribution in [2.75, 3.05) is 19.6 Å². The summed E-state index contributed by atoms with van der Waals surface area (Å²) in [5.41, 5.74) is 0. The van der Waals surface area contributed by atoms with Crippen LogP contribution in [0.25, 0.3) is 0 Å². The first-order chi connectivity index (χ1) is 8.81. The molecule has 0 aliphatic carbocycles. The average molecular weight is 250 g/mol. The maximum absolute atomic E-state index is 12.3. The first-order valence-electron chi connectivity index (χ1n) is 6.90. The molecule has 4 heteroatoms. The summed E-state index contributed by atoms with van der Waals surface area (Å²) in [6.45, 7) is 5.36. The van der Waals surface area contributed by atoms with Crippen LogP contribution >= 0.6 is 0 Å². The Balaban J connectivity index is 1.96. The molecule has 0 saturated carbocycles. The largest absolute Gasteiger partial charge is 0.455 e. The van der Waals surface area contributed by atoms with Crippen LogP contribution in [0.5, 0.6) is 0 Å². The van der Waals surface area contributed by atoms with Gasteiger partial charge in [0.05, 0.1) is 6.54 Å². The molecule has 0 radical (unpaired) electrons. The molecule has 1 aromatic rings. The van der Waals surface area contributed by atoms with E-state index >= 15 is 0 Å². The van der Waals surface area contributed by atoms with Crippen molar-refractivity contribution in [1.29, 1.82) is 0 Å². The van der Waals surface area contributed by atoms with Gasteiger partial charge < -0.3 is 14.6 Å². The molecule has 1 fully saturated rings. The second-order valence-electron chi connectivity index (χ2n) is 4.75. The van der Waals surface area contributed by atoms with Gasteiger partial charge in [-0.15, -0.1) is 0 Å². The summed E-state index contributed by atoms with van der Waals surface area (Å²) in [5.74, 6) is 1.35. The lowest BCUT2D eigenvalue weighted by atomic mass is 10.2. The van der Waals surface area contributed by atoms with E-state index in [0.29, 0.717) is 12.3 Å². The maximum Gasteiger partial charge on any atom is 0.289 e. The van der Waals surface area contributed by atoms with Crippen LogP contribution in [0.1, 0.15) is 48.9 Å². The molecule has 0 spiro atoms. The molecule has 1 amide bonds. The van der Waals surface area contributed by atoms with Gasteiger partial charge in [-0.25, -0.2) is 0 Å². The highest BCUT2D eigenvalue weighted by Gasteiger charge is 2.20. The molecule has 100 valence electrons. The Morgan fingerprint density at radius 3 is 2.67 bits per heavy atom. The number of likely N-dealkylation sites (tertiary alicyclic amines) is 1. The molecule has 1 N–H and O–H groups in total. The first kappa shape index (κ1) is 13.1. The third kappa shape index (κ3) is 3.35. The average Bonchev–Trinajstić information content (AvgIpc) is 2.69. The molecular weight excluding hydrogens is 228 g/mol. The second-order valence-corrected chi connectivity index (χ2v) is 4.75. The van der Waals surface area contributed by atoms with E-state index in [9.17, 15) is 4.79 Å². The van der Waals surface area contributed by atoms with E-state index in [2.05, 4.69) is 5.32 Å². The van der Waals surface area contributed by atoms with Crippen LogP contribution in [-0.4, -0.2) is 30.4 Å². The quantitative estimate of drug-likeness (QED) is 0.892. The Labute approximate surface area is 108 Å². The maximum atomic E-state index is 12.3. The van der Waals surface area contributed by atoms with Crippen molar-refractivity contribution in [2.45, 2.75) is 39.2 Å². The number of hydrogen-bond donors (Lipinski definition) is 1. The number of amides is 1. The van der Waals surface area contributed by atoms with Crippen LogP contribution in [-0.2, 0) is 6.54 Å². The van der Waals surface area contributed by atoms with Gasteiger partial charge in [-0.05, 0) is 31.5 Å². The molecule has 0 atom stereocenters. The summed E-state index contributed by atoms with van der Waals surface area (Å²) in [4.78, 5) is 14.2. The predicted molar refractivity (Wildman–Crippen MR) is 70.5 cm³/mol. The van der Waals surface area contributed by atoms with Crippen molar-refractivity contribution < 1.29 is 9.21 Å². The standard InChI is InChI=1S/C14H22N2O2/c1-2-15-11-12-7-8-13(18-12)14(17)16-9-5-3-4-6-10-16/h7-8,15H,2-6,9-11H2,1H3. The van der Waals surface area contributed by atoms with Crippen LogP contribution in [0.15, 0.2) is 16.5 Å². The lowest BCUT2D eigenvalue weighted by molar-refractivity contribution is 0.0727. The molecular formula is C14H22N2O2. The van der Waals surface area contributed by atoms with E-state index in [0.717, 1.165) is 38.2 Å². The number of carbonyl (C=O) groups excluding carboxylic acids is 1. The van der Waals surface area contributed by atoms with Gasteiger partial charge >= 0.3 is 0 Å². The zero-order chi connectivity index (χ0) is 12.8. The van der Waals surface area contributed by atoms with E-state index in [1.165, 1.54) is 12.8 Å². The van der Waals surface area contributed by atoms with Crippen molar-refractivity contribution in [1.82, 2.24) is 10.2 Å². The third-order valence-corrected chi connectivity index (χ3v) is 3.31. The smallest absolute Gasteiger partial charge is 0.289 e. The van der Waals surface area contributed by atoms with Crippen LogP contribution in [0.2, 0.25) is 0 Å². The highest BCUT2D eigenvalue weighted by Crippen LogP contribution is 2.15. The molecule has 1 aromatic heterocycles. The van der Waals surface area contributed by atoms with Crippen molar-refractivity contribution >= 4 is 5.91 Å². The monoisotopic (exact) mass is 250 g/mol. The zero-order valence-electron chi connectivity index (χ0n) is 11.1. The number of hydrogen-bond acceptors (Lipinski definition) is 3. The fourth-order valence-electron chi connectivity index (χ4n) is 2.27. The molecule has 18 heavy (non-hydrogen) atoms. The van der Waals surface area contributed by atoms with E-state index in [-0.39, 0.29) is 5.91 Å². The normalized spacial score (nSPS) is 16.6. The van der Waals surface area contributed by atoms with Gasteiger partial charge in [-0.3, -0.25) is 4.79 Å². The Bertz CT molecular complexity index is 379. The van der Waals surface area contributed by atoms with Gasteiger partial charge in [-0.1, -0.05) is 19.8 Å². The van der Waals surface area contributed by atoms with Gasteiger partial charge in [0.1, 0.15) is 5.76 Å². The number of carbonyl (C=O) groups is 1. The van der Waals surface area contributed by atoms with Crippen LogP contribution in [0, 0.1) is 0 Å². The summed E-state index contributed by atoms with van der Waals surface area (Å²) in [7, 11) is 0. The molecule has 1 aliphatic heterocycles. The molecule has 1 saturated heterocycles. The van der Waals surface area contributed by atoms with Crippen LogP contribution in [0.3, 0.4) is 0 Å². The van der Waals surface area contributed by atoms with Crippen molar-refractivity contribution in [3.05, 3.63) is 23.7 Å².